The van der Waals surface area contributed by atoms with Crippen LogP contribution < -0.4 is 4.31 Å². The molecule has 0 spiro atoms. The lowest BCUT2D eigenvalue weighted by Gasteiger charge is -2.20. The molecule has 0 saturated carbocycles. The Bertz CT molecular complexity index is 1410. The molecule has 0 aliphatic rings. The minimum Gasteiger partial charge on any atom is -0.430 e. The van der Waals surface area contributed by atoms with Crippen LogP contribution in [0.3, 0.4) is 0 Å². The first-order chi connectivity index (χ1) is 15.6. The summed E-state index contributed by atoms with van der Waals surface area (Å²) >= 11 is 0. The van der Waals surface area contributed by atoms with Crippen LogP contribution in [-0.2, 0) is 10.0 Å². The van der Waals surface area contributed by atoms with Gasteiger partial charge in [-0.25, -0.2) is 8.42 Å². The third kappa shape index (κ3) is 3.67. The Kier molecular flexibility index (Phi) is 5.04. The Morgan fingerprint density at radius 3 is 2.03 bits per heavy atom. The smallest absolute Gasteiger partial charge is 0.317 e. The number of hydrogen-bond donors (Lipinski definition) is 0. The SMILES string of the molecule is O=S(=O)(c1ccc(-c2ccon2)cc1)N(c1ccccc1)c1nc(-c2ccccc2)co1. The van der Waals surface area contributed by atoms with Crippen molar-refractivity contribution in [2.24, 2.45) is 0 Å². The molecule has 158 valence electrons. The Morgan fingerprint density at radius 2 is 1.38 bits per heavy atom. The largest absolute Gasteiger partial charge is 0.430 e. The number of benzene rings is 3. The average molecular weight is 443 g/mol. The summed E-state index contributed by atoms with van der Waals surface area (Å²) < 4.78 is 38.9. The number of sulfonamides is 1. The van der Waals surface area contributed by atoms with Gasteiger partial charge in [0, 0.05) is 17.2 Å². The maximum absolute atomic E-state index is 13.7. The highest BCUT2D eigenvalue weighted by Crippen LogP contribution is 2.34. The normalized spacial score (nSPS) is 11.4. The highest BCUT2D eigenvalue weighted by Gasteiger charge is 2.30. The predicted molar refractivity (Wildman–Crippen MR) is 120 cm³/mol. The van der Waals surface area contributed by atoms with Crippen molar-refractivity contribution in [1.29, 1.82) is 0 Å². The van der Waals surface area contributed by atoms with Gasteiger partial charge in [-0.15, -0.1) is 0 Å². The van der Waals surface area contributed by atoms with Gasteiger partial charge in [-0.05, 0) is 24.3 Å². The van der Waals surface area contributed by atoms with Gasteiger partial charge in [0.2, 0.25) is 0 Å². The van der Waals surface area contributed by atoms with Gasteiger partial charge in [-0.2, -0.15) is 9.29 Å². The van der Waals surface area contributed by atoms with Crippen LogP contribution >= 0.6 is 0 Å². The number of aromatic nitrogens is 2. The van der Waals surface area contributed by atoms with Crippen molar-refractivity contribution in [3.63, 3.8) is 0 Å². The molecule has 0 unspecified atom stereocenters. The van der Waals surface area contributed by atoms with Crippen LogP contribution in [0.4, 0.5) is 11.7 Å². The molecule has 5 rings (SSSR count). The molecule has 0 aliphatic heterocycles. The first-order valence-corrected chi connectivity index (χ1v) is 11.2. The predicted octanol–water partition coefficient (Wildman–Crippen LogP) is 5.52. The molecule has 0 amide bonds. The van der Waals surface area contributed by atoms with E-state index in [1.54, 1.807) is 42.5 Å². The van der Waals surface area contributed by atoms with E-state index in [9.17, 15) is 8.42 Å². The molecule has 2 heterocycles. The molecular formula is C24H17N3O4S. The van der Waals surface area contributed by atoms with Crippen molar-refractivity contribution >= 4 is 21.7 Å². The Morgan fingerprint density at radius 1 is 0.719 bits per heavy atom. The zero-order valence-corrected chi connectivity index (χ0v) is 17.5. The molecule has 5 aromatic rings. The first-order valence-electron chi connectivity index (χ1n) is 9.75. The van der Waals surface area contributed by atoms with E-state index in [4.69, 9.17) is 8.94 Å². The molecule has 0 aliphatic carbocycles. The van der Waals surface area contributed by atoms with Crippen LogP contribution in [0, 0.1) is 0 Å². The molecule has 2 aromatic heterocycles. The summed E-state index contributed by atoms with van der Waals surface area (Å²) in [7, 11) is -4.03. The molecule has 7 nitrogen and oxygen atoms in total. The molecule has 8 heteroatoms. The number of hydrogen-bond acceptors (Lipinski definition) is 6. The Labute approximate surface area is 184 Å². The lowest BCUT2D eigenvalue weighted by atomic mass is 10.2. The lowest BCUT2D eigenvalue weighted by molar-refractivity contribution is 0.422. The van der Waals surface area contributed by atoms with E-state index >= 15 is 0 Å². The van der Waals surface area contributed by atoms with Gasteiger partial charge >= 0.3 is 6.01 Å². The first kappa shape index (κ1) is 19.8. The molecule has 32 heavy (non-hydrogen) atoms. The highest BCUT2D eigenvalue weighted by atomic mass is 32.2. The maximum atomic E-state index is 13.7. The molecular weight excluding hydrogens is 426 g/mol. The van der Waals surface area contributed by atoms with Crippen molar-refractivity contribution in [2.45, 2.75) is 4.90 Å². The van der Waals surface area contributed by atoms with Crippen molar-refractivity contribution in [2.75, 3.05) is 4.31 Å². The van der Waals surface area contributed by atoms with Crippen LogP contribution in [0.15, 0.2) is 117 Å². The molecule has 0 bridgehead atoms. The van der Waals surface area contributed by atoms with Gasteiger partial charge in [-0.3, -0.25) is 0 Å². The molecule has 0 N–H and O–H groups in total. The van der Waals surface area contributed by atoms with Gasteiger partial charge in [0.15, 0.2) is 0 Å². The van der Waals surface area contributed by atoms with Gasteiger partial charge in [0.25, 0.3) is 10.0 Å². The fourth-order valence-corrected chi connectivity index (χ4v) is 4.66. The van der Waals surface area contributed by atoms with Crippen LogP contribution in [0.25, 0.3) is 22.5 Å². The lowest BCUT2D eigenvalue weighted by Crippen LogP contribution is -2.26. The summed E-state index contributed by atoms with van der Waals surface area (Å²) in [6, 6.07) is 26.2. The number of oxazole rings is 1. The molecule has 0 atom stereocenters. The summed E-state index contributed by atoms with van der Waals surface area (Å²) in [6.45, 7) is 0. The van der Waals surface area contributed by atoms with E-state index in [0.717, 1.165) is 15.4 Å². The summed E-state index contributed by atoms with van der Waals surface area (Å²) in [5.74, 6) is 0. The van der Waals surface area contributed by atoms with Crippen molar-refractivity contribution < 1.29 is 17.4 Å². The van der Waals surface area contributed by atoms with E-state index in [1.807, 2.05) is 36.4 Å². The number of anilines is 2. The molecule has 0 saturated heterocycles. The second-order valence-electron chi connectivity index (χ2n) is 6.90. The monoisotopic (exact) mass is 443 g/mol. The minimum atomic E-state index is -4.03. The van der Waals surface area contributed by atoms with E-state index < -0.39 is 10.0 Å². The van der Waals surface area contributed by atoms with Crippen LogP contribution in [-0.4, -0.2) is 18.6 Å². The Balaban J connectivity index is 1.58. The minimum absolute atomic E-state index is 0.0457. The summed E-state index contributed by atoms with van der Waals surface area (Å²) in [4.78, 5) is 4.56. The van der Waals surface area contributed by atoms with Crippen molar-refractivity contribution in [1.82, 2.24) is 10.1 Å². The number of rotatable bonds is 6. The van der Waals surface area contributed by atoms with E-state index in [1.165, 1.54) is 24.7 Å². The summed E-state index contributed by atoms with van der Waals surface area (Å²) in [5.41, 5.74) is 3.14. The fraction of sp³-hybridized carbons (Fsp3) is 0. The zero-order valence-electron chi connectivity index (χ0n) is 16.7. The average Bonchev–Trinajstić information content (AvgIpc) is 3.54. The van der Waals surface area contributed by atoms with Gasteiger partial charge in [-0.1, -0.05) is 65.8 Å². The van der Waals surface area contributed by atoms with E-state index in [-0.39, 0.29) is 10.9 Å². The quantitative estimate of drug-likeness (QED) is 0.343. The Hall–Kier alpha value is -4.17. The second kappa shape index (κ2) is 8.16. The van der Waals surface area contributed by atoms with Crippen LogP contribution in [0.1, 0.15) is 0 Å². The second-order valence-corrected chi connectivity index (χ2v) is 8.68. The van der Waals surface area contributed by atoms with Gasteiger partial charge < -0.3 is 8.94 Å². The number of nitrogens with zero attached hydrogens (tertiary/aromatic N) is 3. The maximum Gasteiger partial charge on any atom is 0.317 e. The third-order valence-electron chi connectivity index (χ3n) is 4.85. The third-order valence-corrected chi connectivity index (χ3v) is 6.57. The standard InChI is InChI=1S/C24H17N3O4S/c28-32(29,21-13-11-19(12-14-21)22-15-16-31-26-22)27(20-9-5-2-6-10-20)24-25-23(17-30-24)18-7-3-1-4-8-18/h1-17H. The highest BCUT2D eigenvalue weighted by molar-refractivity contribution is 7.93. The van der Waals surface area contributed by atoms with Gasteiger partial charge in [0.05, 0.1) is 10.6 Å². The number of para-hydroxylation sites is 1. The zero-order chi connectivity index (χ0) is 22.0. The molecule has 0 fully saturated rings. The molecule has 3 aromatic carbocycles. The molecule has 0 radical (unpaired) electrons. The van der Waals surface area contributed by atoms with Crippen molar-refractivity contribution in [3.8, 4) is 22.5 Å². The topological polar surface area (TPSA) is 89.4 Å². The van der Waals surface area contributed by atoms with Crippen molar-refractivity contribution in [3.05, 3.63) is 104 Å². The van der Waals surface area contributed by atoms with Gasteiger partial charge in [0.1, 0.15) is 23.9 Å². The van der Waals surface area contributed by atoms with E-state index in [2.05, 4.69) is 10.1 Å². The summed E-state index contributed by atoms with van der Waals surface area (Å²) in [6.07, 6.45) is 2.91. The van der Waals surface area contributed by atoms with E-state index in [0.29, 0.717) is 17.1 Å². The van der Waals surface area contributed by atoms with Crippen LogP contribution in [0.2, 0.25) is 0 Å². The fourth-order valence-electron chi connectivity index (χ4n) is 3.28. The summed E-state index contributed by atoms with van der Waals surface area (Å²) in [5, 5.41) is 3.88. The van der Waals surface area contributed by atoms with Crippen LogP contribution in [0.5, 0.6) is 0 Å².